The topological polar surface area (TPSA) is 52.6 Å². The number of hydrogen-bond donors (Lipinski definition) is 2. The number of halogens is 3. The lowest BCUT2D eigenvalue weighted by molar-refractivity contribution is -0.115. The fourth-order valence-electron chi connectivity index (χ4n) is 3.92. The average molecular weight is 484 g/mol. The van der Waals surface area contributed by atoms with E-state index >= 15 is 0 Å². The van der Waals surface area contributed by atoms with Gasteiger partial charge in [0.2, 0.25) is 0 Å². The zero-order valence-electron chi connectivity index (χ0n) is 16.1. The largest absolute Gasteiger partial charge is 0.511 e. The van der Waals surface area contributed by atoms with E-state index in [0.29, 0.717) is 26.4 Å². The summed E-state index contributed by atoms with van der Waals surface area (Å²) in [5, 5.41) is 15.7. The summed E-state index contributed by atoms with van der Waals surface area (Å²) >= 11 is 20.7. The first-order chi connectivity index (χ1) is 14.5. The van der Waals surface area contributed by atoms with Gasteiger partial charge in [0.15, 0.2) is 5.78 Å². The van der Waals surface area contributed by atoms with Crippen LogP contribution in [0.1, 0.15) is 24.3 Å². The Morgan fingerprint density at radius 3 is 2.43 bits per heavy atom. The summed E-state index contributed by atoms with van der Waals surface area (Å²) in [5.41, 5.74) is 1.65. The molecular formula is C22H21Cl3N2O2S. The van der Waals surface area contributed by atoms with Crippen LogP contribution in [0, 0.1) is 0 Å². The van der Waals surface area contributed by atoms with Crippen molar-refractivity contribution in [1.82, 2.24) is 5.32 Å². The number of piperazine rings is 1. The molecule has 0 amide bonds. The number of benzene rings is 2. The van der Waals surface area contributed by atoms with Crippen LogP contribution in [-0.4, -0.2) is 37.1 Å². The first kappa shape index (κ1) is 21.8. The molecule has 0 radical (unpaired) electrons. The third kappa shape index (κ3) is 4.46. The minimum Gasteiger partial charge on any atom is -0.511 e. The number of allylic oxidation sites excluding steroid dienone is 2. The number of thioether (sulfide) groups is 1. The van der Waals surface area contributed by atoms with Gasteiger partial charge in [0.05, 0.1) is 20.6 Å². The molecule has 2 aliphatic rings. The monoisotopic (exact) mass is 482 g/mol. The van der Waals surface area contributed by atoms with Crippen LogP contribution in [0.3, 0.4) is 0 Å². The first-order valence-corrected chi connectivity index (χ1v) is 11.7. The van der Waals surface area contributed by atoms with Crippen LogP contribution in [0.15, 0.2) is 52.0 Å². The van der Waals surface area contributed by atoms with Crippen molar-refractivity contribution in [3.63, 3.8) is 0 Å². The Labute approximate surface area is 195 Å². The van der Waals surface area contributed by atoms with Crippen molar-refractivity contribution >= 4 is 58.0 Å². The lowest BCUT2D eigenvalue weighted by atomic mass is 9.85. The van der Waals surface area contributed by atoms with Crippen molar-refractivity contribution in [2.45, 2.75) is 23.7 Å². The number of hydrogen-bond acceptors (Lipinski definition) is 5. The predicted octanol–water partition coefficient (Wildman–Crippen LogP) is 6.06. The maximum absolute atomic E-state index is 12.9. The van der Waals surface area contributed by atoms with Crippen molar-refractivity contribution in [1.29, 1.82) is 0 Å². The summed E-state index contributed by atoms with van der Waals surface area (Å²) in [6.07, 6.45) is 0.546. The van der Waals surface area contributed by atoms with E-state index in [1.807, 2.05) is 30.3 Å². The van der Waals surface area contributed by atoms with E-state index in [1.165, 1.54) is 11.8 Å². The minimum atomic E-state index is -0.268. The van der Waals surface area contributed by atoms with Gasteiger partial charge < -0.3 is 15.3 Å². The number of aliphatic hydroxyl groups is 1. The number of carbonyl (C=O) groups excluding carboxylic acids is 1. The SMILES string of the molecule is O=C1CC(c2c(Cl)ccc(N3CCNCC3)c2Cl)CC(O)=C1Sc1ccccc1Cl. The van der Waals surface area contributed by atoms with Crippen LogP contribution in [-0.2, 0) is 4.79 Å². The Bertz CT molecular complexity index is 1010. The van der Waals surface area contributed by atoms with E-state index in [1.54, 1.807) is 6.07 Å². The molecule has 1 aliphatic carbocycles. The maximum Gasteiger partial charge on any atom is 0.173 e. The van der Waals surface area contributed by atoms with E-state index in [9.17, 15) is 9.90 Å². The maximum atomic E-state index is 12.9. The quantitative estimate of drug-likeness (QED) is 0.553. The van der Waals surface area contributed by atoms with Crippen molar-refractivity contribution in [3.05, 3.63) is 67.7 Å². The Morgan fingerprint density at radius 1 is 1.00 bits per heavy atom. The van der Waals surface area contributed by atoms with Crippen molar-refractivity contribution in [2.24, 2.45) is 0 Å². The Hall–Kier alpha value is -1.37. The number of nitrogens with zero attached hydrogens (tertiary/aromatic N) is 1. The van der Waals surface area contributed by atoms with Gasteiger partial charge in [-0.2, -0.15) is 0 Å². The van der Waals surface area contributed by atoms with Crippen LogP contribution < -0.4 is 10.2 Å². The van der Waals surface area contributed by atoms with Crippen molar-refractivity contribution < 1.29 is 9.90 Å². The standard InChI is InChI=1S/C22H21Cl3N2O2S/c23-14-3-1-2-4-19(14)30-22-17(28)11-13(12-18(22)29)20-15(24)5-6-16(21(20)25)27-9-7-26-8-10-27/h1-6,13,26,28H,7-12H2. The molecule has 0 saturated carbocycles. The van der Waals surface area contributed by atoms with Gasteiger partial charge in [-0.05, 0) is 29.8 Å². The molecule has 2 aromatic rings. The van der Waals surface area contributed by atoms with Gasteiger partial charge in [-0.1, -0.05) is 58.7 Å². The molecule has 1 unspecified atom stereocenters. The highest BCUT2D eigenvalue weighted by Crippen LogP contribution is 2.47. The Kier molecular flexibility index (Phi) is 6.85. The second-order valence-electron chi connectivity index (χ2n) is 7.37. The second-order valence-corrected chi connectivity index (χ2v) is 9.61. The molecule has 4 rings (SSSR count). The number of Topliss-reactive ketones (excluding diaryl/α,β-unsaturated/α-hetero) is 1. The third-order valence-electron chi connectivity index (χ3n) is 5.41. The van der Waals surface area contributed by atoms with Gasteiger partial charge in [-0.25, -0.2) is 0 Å². The average Bonchev–Trinajstić information content (AvgIpc) is 2.73. The van der Waals surface area contributed by atoms with E-state index in [0.717, 1.165) is 42.3 Å². The van der Waals surface area contributed by atoms with E-state index in [4.69, 9.17) is 34.8 Å². The molecule has 0 aromatic heterocycles. The lowest BCUT2D eigenvalue weighted by Gasteiger charge is -2.32. The van der Waals surface area contributed by atoms with Crippen molar-refractivity contribution in [3.8, 4) is 0 Å². The second kappa shape index (κ2) is 9.41. The highest BCUT2D eigenvalue weighted by molar-refractivity contribution is 8.04. The molecule has 1 fully saturated rings. The Balaban J connectivity index is 1.62. The lowest BCUT2D eigenvalue weighted by Crippen LogP contribution is -2.43. The zero-order chi connectivity index (χ0) is 21.3. The number of carbonyl (C=O) groups is 1. The van der Waals surface area contributed by atoms with Crippen LogP contribution in [0.5, 0.6) is 0 Å². The first-order valence-electron chi connectivity index (χ1n) is 9.77. The normalized spacial score (nSPS) is 20.0. The molecule has 4 nitrogen and oxygen atoms in total. The van der Waals surface area contributed by atoms with Crippen molar-refractivity contribution in [2.75, 3.05) is 31.1 Å². The van der Waals surface area contributed by atoms with Crippen LogP contribution in [0.2, 0.25) is 15.1 Å². The molecule has 1 heterocycles. The zero-order valence-corrected chi connectivity index (χ0v) is 19.2. The number of anilines is 1. The summed E-state index contributed by atoms with van der Waals surface area (Å²) in [6, 6.07) is 11.0. The summed E-state index contributed by atoms with van der Waals surface area (Å²) in [7, 11) is 0. The summed E-state index contributed by atoms with van der Waals surface area (Å²) in [4.78, 5) is 16.2. The molecule has 1 saturated heterocycles. The molecule has 0 bridgehead atoms. The fourth-order valence-corrected chi connectivity index (χ4v) is 5.90. The van der Waals surface area contributed by atoms with E-state index < -0.39 is 0 Å². The smallest absolute Gasteiger partial charge is 0.173 e. The van der Waals surface area contributed by atoms with E-state index in [-0.39, 0.29) is 23.9 Å². The van der Waals surface area contributed by atoms with Crippen LogP contribution >= 0.6 is 46.6 Å². The molecule has 1 atom stereocenters. The molecule has 2 aromatic carbocycles. The molecule has 0 spiro atoms. The molecule has 30 heavy (non-hydrogen) atoms. The highest BCUT2D eigenvalue weighted by Gasteiger charge is 2.33. The van der Waals surface area contributed by atoms with Crippen LogP contribution in [0.25, 0.3) is 0 Å². The van der Waals surface area contributed by atoms with Gasteiger partial charge in [-0.3, -0.25) is 4.79 Å². The molecule has 1 aliphatic heterocycles. The van der Waals surface area contributed by atoms with Gasteiger partial charge in [0.25, 0.3) is 0 Å². The summed E-state index contributed by atoms with van der Waals surface area (Å²) in [5.74, 6) is -0.342. The molecule has 2 N–H and O–H groups in total. The summed E-state index contributed by atoms with van der Waals surface area (Å²) in [6.45, 7) is 3.49. The predicted molar refractivity (Wildman–Crippen MR) is 125 cm³/mol. The van der Waals surface area contributed by atoms with Crippen LogP contribution in [0.4, 0.5) is 5.69 Å². The van der Waals surface area contributed by atoms with E-state index in [2.05, 4.69) is 10.2 Å². The fraction of sp³-hybridized carbons (Fsp3) is 0.318. The highest BCUT2D eigenvalue weighted by atomic mass is 35.5. The van der Waals surface area contributed by atoms with Gasteiger partial charge in [-0.15, -0.1) is 0 Å². The van der Waals surface area contributed by atoms with Gasteiger partial charge in [0.1, 0.15) is 5.76 Å². The minimum absolute atomic E-state index is 0.0564. The number of rotatable bonds is 4. The molecule has 8 heteroatoms. The Morgan fingerprint density at radius 2 is 1.73 bits per heavy atom. The molecule has 158 valence electrons. The van der Waals surface area contributed by atoms with Gasteiger partial charge >= 0.3 is 0 Å². The summed E-state index contributed by atoms with van der Waals surface area (Å²) < 4.78 is 0. The number of ketones is 1. The number of nitrogens with one attached hydrogen (secondary N) is 1. The number of aliphatic hydroxyl groups excluding tert-OH is 1. The van der Waals surface area contributed by atoms with Gasteiger partial charge in [0, 0.05) is 54.9 Å². The molecular weight excluding hydrogens is 463 g/mol. The third-order valence-corrected chi connectivity index (χ3v) is 7.82.